The van der Waals surface area contributed by atoms with E-state index < -0.39 is 21.7 Å². The van der Waals surface area contributed by atoms with E-state index >= 15 is 0 Å². The van der Waals surface area contributed by atoms with E-state index in [9.17, 15) is 13.2 Å². The molecule has 0 aromatic carbocycles. The van der Waals surface area contributed by atoms with Crippen LogP contribution in [0.5, 0.6) is 0 Å². The van der Waals surface area contributed by atoms with Gasteiger partial charge in [-0.25, -0.2) is 17.5 Å². The summed E-state index contributed by atoms with van der Waals surface area (Å²) >= 11 is 0. The topological polar surface area (TPSA) is 112 Å². The summed E-state index contributed by atoms with van der Waals surface area (Å²) in [6.45, 7) is 8.58. The molecule has 0 bridgehead atoms. The van der Waals surface area contributed by atoms with Crippen molar-refractivity contribution in [3.05, 3.63) is 0 Å². The highest BCUT2D eigenvalue weighted by Crippen LogP contribution is 2.18. The van der Waals surface area contributed by atoms with E-state index in [0.717, 1.165) is 25.8 Å². The molecule has 1 amide bonds. The van der Waals surface area contributed by atoms with Gasteiger partial charge >= 0.3 is 6.09 Å². The van der Waals surface area contributed by atoms with Crippen LogP contribution in [0.1, 0.15) is 40.0 Å². The molecule has 3 N–H and O–H groups in total. The van der Waals surface area contributed by atoms with Crippen molar-refractivity contribution >= 4 is 22.1 Å². The number of hydrogen-bond donors (Lipinski definition) is 3. The molecular formula is C17H35N5O4S. The molecule has 0 aliphatic carbocycles. The molecule has 1 rings (SSSR count). The Hall–Kier alpha value is -1.55. The average Bonchev–Trinajstić information content (AvgIpc) is 2.55. The van der Waals surface area contributed by atoms with E-state index in [0.29, 0.717) is 38.1 Å². The van der Waals surface area contributed by atoms with Gasteiger partial charge in [-0.2, -0.15) is 0 Å². The van der Waals surface area contributed by atoms with E-state index in [1.165, 1.54) is 10.6 Å². The van der Waals surface area contributed by atoms with Crippen LogP contribution in [-0.2, 0) is 14.8 Å². The smallest absolute Gasteiger partial charge is 0.407 e. The van der Waals surface area contributed by atoms with Gasteiger partial charge in [0.1, 0.15) is 5.60 Å². The maximum atomic E-state index is 11.5. The molecule has 0 spiro atoms. The van der Waals surface area contributed by atoms with Gasteiger partial charge < -0.3 is 20.7 Å². The maximum absolute atomic E-state index is 11.5. The van der Waals surface area contributed by atoms with E-state index in [1.54, 1.807) is 7.05 Å². The number of piperidine rings is 1. The van der Waals surface area contributed by atoms with Gasteiger partial charge in [0.05, 0.1) is 6.26 Å². The van der Waals surface area contributed by atoms with Gasteiger partial charge in [0, 0.05) is 39.8 Å². The second-order valence-electron chi connectivity index (χ2n) is 7.77. The lowest BCUT2D eigenvalue weighted by Crippen LogP contribution is -2.44. The second kappa shape index (κ2) is 10.7. The van der Waals surface area contributed by atoms with Crippen molar-refractivity contribution < 1.29 is 17.9 Å². The normalized spacial score (nSPS) is 17.4. The van der Waals surface area contributed by atoms with Crippen LogP contribution < -0.4 is 16.0 Å². The number of rotatable bonds is 7. The molecule has 27 heavy (non-hydrogen) atoms. The largest absolute Gasteiger partial charge is 0.444 e. The fourth-order valence-corrected chi connectivity index (χ4v) is 3.58. The molecule has 1 aliphatic rings. The van der Waals surface area contributed by atoms with Crippen molar-refractivity contribution in [3.8, 4) is 0 Å². The molecule has 9 nitrogen and oxygen atoms in total. The lowest BCUT2D eigenvalue weighted by Gasteiger charge is -2.30. The number of nitrogens with zero attached hydrogens (tertiary/aromatic N) is 2. The van der Waals surface area contributed by atoms with Crippen molar-refractivity contribution in [2.75, 3.05) is 46.0 Å². The van der Waals surface area contributed by atoms with E-state index in [-0.39, 0.29) is 0 Å². The Morgan fingerprint density at radius 3 is 2.26 bits per heavy atom. The molecule has 0 aromatic rings. The lowest BCUT2D eigenvalue weighted by molar-refractivity contribution is 0.0527. The predicted molar refractivity (Wildman–Crippen MR) is 107 cm³/mol. The van der Waals surface area contributed by atoms with Gasteiger partial charge in [-0.15, -0.1) is 0 Å². The zero-order valence-electron chi connectivity index (χ0n) is 17.2. The van der Waals surface area contributed by atoms with Crippen LogP contribution >= 0.6 is 0 Å². The van der Waals surface area contributed by atoms with Crippen molar-refractivity contribution in [1.29, 1.82) is 0 Å². The Morgan fingerprint density at radius 1 is 1.15 bits per heavy atom. The number of aliphatic imine (C=N–C) groups is 1. The Morgan fingerprint density at radius 2 is 1.74 bits per heavy atom. The average molecular weight is 406 g/mol. The first kappa shape index (κ1) is 23.5. The summed E-state index contributed by atoms with van der Waals surface area (Å²) in [6.07, 6.45) is 3.28. The third kappa shape index (κ3) is 10.4. The van der Waals surface area contributed by atoms with Crippen LogP contribution in [0, 0.1) is 5.92 Å². The van der Waals surface area contributed by atoms with E-state index in [4.69, 9.17) is 4.74 Å². The van der Waals surface area contributed by atoms with Crippen LogP contribution in [0.2, 0.25) is 0 Å². The number of ether oxygens (including phenoxy) is 1. The first-order valence-corrected chi connectivity index (χ1v) is 11.2. The zero-order valence-corrected chi connectivity index (χ0v) is 18.0. The molecule has 158 valence electrons. The SMILES string of the molecule is CN=C(NCCCNC(=O)OC(C)(C)C)NCC1CCN(S(C)(=O)=O)CC1. The maximum Gasteiger partial charge on any atom is 0.407 e. The summed E-state index contributed by atoms with van der Waals surface area (Å²) < 4.78 is 29.8. The Labute approximate surface area is 163 Å². The molecule has 1 aliphatic heterocycles. The Bertz CT molecular complexity index is 593. The summed E-state index contributed by atoms with van der Waals surface area (Å²) in [5.41, 5.74) is -0.494. The molecule has 0 radical (unpaired) electrons. The molecule has 10 heteroatoms. The number of hydrogen-bond acceptors (Lipinski definition) is 5. The van der Waals surface area contributed by atoms with E-state index in [2.05, 4.69) is 20.9 Å². The highest BCUT2D eigenvalue weighted by atomic mass is 32.2. The number of nitrogens with one attached hydrogen (secondary N) is 3. The number of carbonyl (C=O) groups is 1. The summed E-state index contributed by atoms with van der Waals surface area (Å²) in [4.78, 5) is 15.7. The predicted octanol–water partition coefficient (Wildman–Crippen LogP) is 0.738. The summed E-state index contributed by atoms with van der Waals surface area (Å²) in [7, 11) is -1.37. The number of amides is 1. The number of carbonyl (C=O) groups excluding carboxylic acids is 1. The second-order valence-corrected chi connectivity index (χ2v) is 9.75. The van der Waals surface area contributed by atoms with Gasteiger partial charge in [0.2, 0.25) is 10.0 Å². The molecular weight excluding hydrogens is 370 g/mol. The Kier molecular flexibility index (Phi) is 9.31. The van der Waals surface area contributed by atoms with E-state index in [1.807, 2.05) is 20.8 Å². The first-order chi connectivity index (χ1) is 12.5. The summed E-state index contributed by atoms with van der Waals surface area (Å²) in [6, 6.07) is 0. The van der Waals surface area contributed by atoms with Gasteiger partial charge in [0.15, 0.2) is 5.96 Å². The van der Waals surface area contributed by atoms with Crippen LogP contribution in [0.25, 0.3) is 0 Å². The number of alkyl carbamates (subject to hydrolysis) is 1. The van der Waals surface area contributed by atoms with Gasteiger partial charge in [-0.05, 0) is 46.0 Å². The molecule has 1 fully saturated rings. The minimum Gasteiger partial charge on any atom is -0.444 e. The van der Waals surface area contributed by atoms with Crippen LogP contribution in [0.15, 0.2) is 4.99 Å². The molecule has 0 aromatic heterocycles. The van der Waals surface area contributed by atoms with Crippen molar-refractivity contribution in [3.63, 3.8) is 0 Å². The minimum atomic E-state index is -3.08. The van der Waals surface area contributed by atoms with Crippen LogP contribution in [-0.4, -0.2) is 76.4 Å². The fraction of sp³-hybridized carbons (Fsp3) is 0.882. The summed E-state index contributed by atoms with van der Waals surface area (Å²) in [5.74, 6) is 1.13. The molecule has 1 saturated heterocycles. The third-order valence-corrected chi connectivity index (χ3v) is 5.44. The molecule has 0 unspecified atom stereocenters. The van der Waals surface area contributed by atoms with Gasteiger partial charge in [-0.3, -0.25) is 4.99 Å². The minimum absolute atomic E-state index is 0.412. The van der Waals surface area contributed by atoms with Gasteiger partial charge in [-0.1, -0.05) is 0 Å². The van der Waals surface area contributed by atoms with Gasteiger partial charge in [0.25, 0.3) is 0 Å². The van der Waals surface area contributed by atoms with Crippen molar-refractivity contribution in [1.82, 2.24) is 20.3 Å². The highest BCUT2D eigenvalue weighted by Gasteiger charge is 2.24. The molecule has 1 heterocycles. The highest BCUT2D eigenvalue weighted by molar-refractivity contribution is 7.88. The number of guanidine groups is 1. The monoisotopic (exact) mass is 405 g/mol. The quantitative estimate of drug-likeness (QED) is 0.327. The zero-order chi connectivity index (χ0) is 20.5. The molecule has 0 saturated carbocycles. The number of sulfonamides is 1. The first-order valence-electron chi connectivity index (χ1n) is 9.38. The van der Waals surface area contributed by atoms with Crippen LogP contribution in [0.3, 0.4) is 0 Å². The van der Waals surface area contributed by atoms with Crippen LogP contribution in [0.4, 0.5) is 4.79 Å². The van der Waals surface area contributed by atoms with Crippen molar-refractivity contribution in [2.45, 2.75) is 45.6 Å². The Balaban J connectivity index is 2.16. The van der Waals surface area contributed by atoms with Crippen molar-refractivity contribution in [2.24, 2.45) is 10.9 Å². The molecule has 0 atom stereocenters. The standard InChI is InChI=1S/C17H35N5O4S/c1-17(2,3)26-16(23)20-10-6-9-19-15(18-4)21-13-14-7-11-22(12-8-14)27(5,24)25/h14H,6-13H2,1-5H3,(H,20,23)(H2,18,19,21). The summed E-state index contributed by atoms with van der Waals surface area (Å²) in [5, 5.41) is 9.20. The lowest BCUT2D eigenvalue weighted by atomic mass is 9.98. The third-order valence-electron chi connectivity index (χ3n) is 4.14. The fourth-order valence-electron chi connectivity index (χ4n) is 2.71.